The summed E-state index contributed by atoms with van der Waals surface area (Å²) in [6.07, 6.45) is 1.78. The van der Waals surface area contributed by atoms with Crippen molar-refractivity contribution in [3.05, 3.63) is 64.1 Å². The summed E-state index contributed by atoms with van der Waals surface area (Å²) < 4.78 is 12.7. The topological polar surface area (TPSA) is 48.1 Å². The SMILES string of the molecule is C=CCN=c1scc(-c2cccs2)n1N=C(C)c1ccc(OC)cc1OC. The molecule has 0 atom stereocenters. The van der Waals surface area contributed by atoms with Crippen LogP contribution in [0, 0.1) is 0 Å². The average molecular weight is 400 g/mol. The molecule has 0 unspecified atom stereocenters. The second-order valence-corrected chi connectivity index (χ2v) is 7.36. The van der Waals surface area contributed by atoms with Crippen LogP contribution in [0.1, 0.15) is 12.5 Å². The normalized spacial score (nSPS) is 12.3. The van der Waals surface area contributed by atoms with E-state index in [0.29, 0.717) is 12.3 Å². The predicted octanol–water partition coefficient (Wildman–Crippen LogP) is 4.65. The molecule has 3 rings (SSSR count). The van der Waals surface area contributed by atoms with Crippen LogP contribution in [-0.4, -0.2) is 31.2 Å². The highest BCUT2D eigenvalue weighted by atomic mass is 32.1. The zero-order chi connectivity index (χ0) is 19.2. The molecule has 1 aromatic carbocycles. The Hall–Kier alpha value is -2.64. The lowest BCUT2D eigenvalue weighted by atomic mass is 10.1. The molecule has 0 aliphatic heterocycles. The van der Waals surface area contributed by atoms with E-state index in [9.17, 15) is 0 Å². The van der Waals surface area contributed by atoms with Crippen LogP contribution in [0.2, 0.25) is 0 Å². The van der Waals surface area contributed by atoms with E-state index in [2.05, 4.69) is 28.4 Å². The molecule has 0 saturated heterocycles. The first-order valence-corrected chi connectivity index (χ1v) is 10.1. The Bertz CT molecular complexity index is 1010. The number of rotatable bonds is 7. The first-order valence-electron chi connectivity index (χ1n) is 8.31. The number of thiazole rings is 1. The molecule has 3 aromatic rings. The number of hydrogen-bond acceptors (Lipinski definition) is 6. The van der Waals surface area contributed by atoms with E-state index in [1.165, 1.54) is 0 Å². The van der Waals surface area contributed by atoms with E-state index in [1.54, 1.807) is 43.0 Å². The maximum absolute atomic E-state index is 5.52. The molecule has 0 amide bonds. The van der Waals surface area contributed by atoms with Gasteiger partial charge in [0.1, 0.15) is 11.5 Å². The molecule has 2 aromatic heterocycles. The Morgan fingerprint density at radius 2 is 2.07 bits per heavy atom. The fraction of sp³-hybridized carbons (Fsp3) is 0.200. The van der Waals surface area contributed by atoms with Crippen molar-refractivity contribution >= 4 is 28.4 Å². The number of hydrogen-bond donors (Lipinski definition) is 0. The molecule has 7 heteroatoms. The predicted molar refractivity (Wildman–Crippen MR) is 113 cm³/mol. The molecule has 27 heavy (non-hydrogen) atoms. The molecular weight excluding hydrogens is 378 g/mol. The van der Waals surface area contributed by atoms with Gasteiger partial charge in [-0.05, 0) is 30.5 Å². The van der Waals surface area contributed by atoms with E-state index in [0.717, 1.165) is 32.4 Å². The summed E-state index contributed by atoms with van der Waals surface area (Å²) >= 11 is 3.24. The lowest BCUT2D eigenvalue weighted by Gasteiger charge is -2.11. The van der Waals surface area contributed by atoms with Crippen LogP contribution < -0.4 is 14.3 Å². The van der Waals surface area contributed by atoms with Gasteiger partial charge in [0.15, 0.2) is 0 Å². The number of benzene rings is 1. The van der Waals surface area contributed by atoms with Gasteiger partial charge in [0.05, 0.1) is 37.0 Å². The van der Waals surface area contributed by atoms with E-state index < -0.39 is 0 Å². The van der Waals surface area contributed by atoms with Crippen LogP contribution in [0.25, 0.3) is 10.6 Å². The minimum atomic E-state index is 0.546. The molecule has 5 nitrogen and oxygen atoms in total. The molecule has 0 saturated carbocycles. The van der Waals surface area contributed by atoms with Gasteiger partial charge < -0.3 is 9.47 Å². The van der Waals surface area contributed by atoms with Gasteiger partial charge in [0.2, 0.25) is 4.80 Å². The number of ether oxygens (including phenoxy) is 2. The molecule has 0 aliphatic rings. The molecule has 0 N–H and O–H groups in total. The lowest BCUT2D eigenvalue weighted by Crippen LogP contribution is -2.14. The van der Waals surface area contributed by atoms with Crippen LogP contribution >= 0.6 is 22.7 Å². The summed E-state index contributed by atoms with van der Waals surface area (Å²) in [6.45, 7) is 6.26. The molecule has 2 heterocycles. The molecule has 0 aliphatic carbocycles. The van der Waals surface area contributed by atoms with Gasteiger partial charge in [-0.3, -0.25) is 4.99 Å². The van der Waals surface area contributed by atoms with Crippen molar-refractivity contribution in [1.29, 1.82) is 0 Å². The number of nitrogens with zero attached hydrogens (tertiary/aromatic N) is 3. The molecule has 0 radical (unpaired) electrons. The second-order valence-electron chi connectivity index (χ2n) is 5.57. The summed E-state index contributed by atoms with van der Waals surface area (Å²) in [7, 11) is 3.28. The molecule has 0 bridgehead atoms. The monoisotopic (exact) mass is 399 g/mol. The minimum Gasteiger partial charge on any atom is -0.497 e. The summed E-state index contributed by atoms with van der Waals surface area (Å²) in [4.78, 5) is 6.55. The van der Waals surface area contributed by atoms with Gasteiger partial charge in [0.25, 0.3) is 0 Å². The summed E-state index contributed by atoms with van der Waals surface area (Å²) in [5.74, 6) is 1.46. The van der Waals surface area contributed by atoms with Crippen LogP contribution in [0.5, 0.6) is 11.5 Å². The van der Waals surface area contributed by atoms with Crippen molar-refractivity contribution in [2.75, 3.05) is 20.8 Å². The smallest absolute Gasteiger partial charge is 0.206 e. The number of aromatic nitrogens is 1. The Morgan fingerprint density at radius 1 is 1.22 bits per heavy atom. The van der Waals surface area contributed by atoms with Gasteiger partial charge in [-0.15, -0.1) is 29.3 Å². The van der Waals surface area contributed by atoms with Gasteiger partial charge in [-0.2, -0.15) is 5.10 Å². The van der Waals surface area contributed by atoms with Gasteiger partial charge in [0, 0.05) is 17.0 Å². The first-order chi connectivity index (χ1) is 13.2. The highest BCUT2D eigenvalue weighted by Crippen LogP contribution is 2.27. The zero-order valence-corrected chi connectivity index (χ0v) is 17.1. The van der Waals surface area contributed by atoms with E-state index in [-0.39, 0.29) is 0 Å². The van der Waals surface area contributed by atoms with Gasteiger partial charge >= 0.3 is 0 Å². The largest absolute Gasteiger partial charge is 0.497 e. The van der Waals surface area contributed by atoms with Crippen molar-refractivity contribution in [2.45, 2.75) is 6.92 Å². The Morgan fingerprint density at radius 3 is 2.74 bits per heavy atom. The van der Waals surface area contributed by atoms with E-state index >= 15 is 0 Å². The molecule has 0 spiro atoms. The van der Waals surface area contributed by atoms with E-state index in [4.69, 9.17) is 14.6 Å². The average Bonchev–Trinajstić information content (AvgIpc) is 3.35. The van der Waals surface area contributed by atoms with Crippen molar-refractivity contribution in [3.63, 3.8) is 0 Å². The fourth-order valence-electron chi connectivity index (χ4n) is 2.54. The van der Waals surface area contributed by atoms with Crippen molar-refractivity contribution < 1.29 is 9.47 Å². The van der Waals surface area contributed by atoms with E-state index in [1.807, 2.05) is 35.9 Å². The van der Waals surface area contributed by atoms with Crippen LogP contribution in [0.15, 0.2) is 63.8 Å². The Balaban J connectivity index is 2.13. The van der Waals surface area contributed by atoms with Crippen molar-refractivity contribution in [2.24, 2.45) is 10.1 Å². The third kappa shape index (κ3) is 4.20. The number of methoxy groups -OCH3 is 2. The van der Waals surface area contributed by atoms with Crippen molar-refractivity contribution in [1.82, 2.24) is 4.68 Å². The maximum atomic E-state index is 5.52. The quantitative estimate of drug-likeness (QED) is 0.429. The summed E-state index contributed by atoms with van der Waals surface area (Å²) in [6, 6.07) is 9.83. The second kappa shape index (κ2) is 8.83. The third-order valence-electron chi connectivity index (χ3n) is 3.86. The van der Waals surface area contributed by atoms with Crippen LogP contribution in [0.3, 0.4) is 0 Å². The fourth-order valence-corrected chi connectivity index (χ4v) is 4.18. The van der Waals surface area contributed by atoms with Gasteiger partial charge in [-0.1, -0.05) is 12.1 Å². The first kappa shape index (κ1) is 19.1. The highest BCUT2D eigenvalue weighted by molar-refractivity contribution is 7.14. The summed E-state index contributed by atoms with van der Waals surface area (Å²) in [5, 5.41) is 9.00. The summed E-state index contributed by atoms with van der Waals surface area (Å²) in [5.41, 5.74) is 2.75. The molecule has 140 valence electrons. The Labute approximate surface area is 166 Å². The zero-order valence-electron chi connectivity index (χ0n) is 15.5. The highest BCUT2D eigenvalue weighted by Gasteiger charge is 2.12. The van der Waals surface area contributed by atoms with Crippen LogP contribution in [0.4, 0.5) is 0 Å². The van der Waals surface area contributed by atoms with Crippen LogP contribution in [-0.2, 0) is 0 Å². The minimum absolute atomic E-state index is 0.546. The Kier molecular flexibility index (Phi) is 6.26. The van der Waals surface area contributed by atoms with Gasteiger partial charge in [-0.25, -0.2) is 4.68 Å². The standard InChI is InChI=1S/C20H21N3O2S2/c1-5-10-21-20-23(17(13-27-20)19-7-6-11-26-19)22-14(2)16-9-8-15(24-3)12-18(16)25-4/h5-9,11-13H,1,10H2,2-4H3. The third-order valence-corrected chi connectivity index (χ3v) is 5.61. The van der Waals surface area contributed by atoms with Crippen molar-refractivity contribution in [3.8, 4) is 22.1 Å². The lowest BCUT2D eigenvalue weighted by molar-refractivity contribution is 0.394. The molecular formula is C20H21N3O2S2. The molecule has 0 fully saturated rings. The maximum Gasteiger partial charge on any atom is 0.206 e. The number of thiophene rings is 1.